The maximum absolute atomic E-state index is 13.9. The third-order valence-corrected chi connectivity index (χ3v) is 8.60. The normalized spacial score (nSPS) is 14.9. The van der Waals surface area contributed by atoms with E-state index in [4.69, 9.17) is 13.0 Å². The van der Waals surface area contributed by atoms with Crippen LogP contribution in [-0.2, 0) is 10.1 Å². The van der Waals surface area contributed by atoms with Gasteiger partial charge in [0, 0.05) is 6.26 Å². The van der Waals surface area contributed by atoms with Gasteiger partial charge in [0.2, 0.25) is 0 Å². The molecule has 0 fully saturated rings. The summed E-state index contributed by atoms with van der Waals surface area (Å²) in [5.41, 5.74) is 0. The monoisotopic (exact) mass is 690 g/mol. The average molecular weight is 690 g/mol. The third-order valence-electron chi connectivity index (χ3n) is 3.83. The van der Waals surface area contributed by atoms with Gasteiger partial charge in [-0.05, 0) is 12.1 Å². The van der Waals surface area contributed by atoms with Gasteiger partial charge in [0.15, 0.2) is 3.57 Å². The number of hydrogen-bond acceptors (Lipinski definition) is 3. The molecule has 0 amide bonds. The second-order valence-corrected chi connectivity index (χ2v) is 17.5. The van der Waals surface area contributed by atoms with E-state index in [1.54, 1.807) is 0 Å². The van der Waals surface area contributed by atoms with Gasteiger partial charge in [-0.25, -0.2) is 8.42 Å². The molecular formula is C16H16F13IO3SSi. The fourth-order valence-electron chi connectivity index (χ4n) is 1.96. The quantitative estimate of drug-likeness (QED) is 0.145. The van der Waals surface area contributed by atoms with Crippen molar-refractivity contribution < 1.29 is 91.3 Å². The summed E-state index contributed by atoms with van der Waals surface area (Å²) < 4.78 is 191. The molecule has 0 aromatic heterocycles. The Hall–Kier alpha value is -0.833. The summed E-state index contributed by atoms with van der Waals surface area (Å²) in [5.74, 6) is -30.5. The van der Waals surface area contributed by atoms with Crippen LogP contribution in [-0.4, -0.2) is 61.1 Å². The average Bonchev–Trinajstić information content (AvgIpc) is 2.57. The second-order valence-electron chi connectivity index (χ2n) is 7.85. The Bertz CT molecular complexity index is 964. The van der Waals surface area contributed by atoms with Crippen LogP contribution < -0.4 is 26.4 Å². The standard InChI is InChI=1S/C15H13F13ISi.CH4O3S/c1-30(2,3)9-6-4-8(5-7-9)29-15(27,28)13(22,23)11(18,19)10(16,17)12(20,21)14(24,25)26;1-5(2,3)4/h4-7H,1-3H3;1H3,(H,2,3,4)/q+1;/p-1. The van der Waals surface area contributed by atoms with Crippen molar-refractivity contribution in [1.29, 1.82) is 0 Å². The minimum Gasteiger partial charge on any atom is -0.748 e. The highest BCUT2D eigenvalue weighted by molar-refractivity contribution is 7.84. The van der Waals surface area contributed by atoms with Crippen LogP contribution in [0.3, 0.4) is 0 Å². The van der Waals surface area contributed by atoms with Crippen molar-refractivity contribution in [2.45, 2.75) is 53.4 Å². The molecule has 0 radical (unpaired) electrons. The summed E-state index contributed by atoms with van der Waals surface area (Å²) in [6.45, 7) is 5.47. The molecule has 0 aliphatic rings. The van der Waals surface area contributed by atoms with E-state index in [1.165, 1.54) is 12.1 Å². The molecule has 0 atom stereocenters. The fourth-order valence-corrected chi connectivity index (χ4v) is 5.31. The van der Waals surface area contributed by atoms with Crippen molar-refractivity contribution >= 4 is 23.4 Å². The van der Waals surface area contributed by atoms with Gasteiger partial charge in [-0.1, -0.05) is 37.0 Å². The Balaban J connectivity index is 0.00000209. The lowest BCUT2D eigenvalue weighted by Crippen LogP contribution is -3.68. The van der Waals surface area contributed by atoms with Crippen molar-refractivity contribution in [3.63, 3.8) is 0 Å². The van der Waals surface area contributed by atoms with Gasteiger partial charge in [-0.2, -0.15) is 57.1 Å². The fraction of sp³-hybridized carbons (Fsp3) is 0.625. The number of hydrogen-bond donors (Lipinski definition) is 0. The van der Waals surface area contributed by atoms with Crippen LogP contribution in [0.25, 0.3) is 0 Å². The number of benzene rings is 1. The summed E-state index contributed by atoms with van der Waals surface area (Å²) in [6, 6.07) is 4.21. The van der Waals surface area contributed by atoms with Crippen LogP contribution in [0.4, 0.5) is 57.1 Å². The minimum atomic E-state index is -7.85. The Morgan fingerprint density at radius 3 is 1.29 bits per heavy atom. The molecule has 0 bridgehead atoms. The van der Waals surface area contributed by atoms with Crippen molar-refractivity contribution in [1.82, 2.24) is 0 Å². The Morgan fingerprint density at radius 2 is 1.00 bits per heavy atom. The van der Waals surface area contributed by atoms with E-state index in [1.807, 2.05) is 19.6 Å². The van der Waals surface area contributed by atoms with Gasteiger partial charge in [0.1, 0.15) is 0 Å². The van der Waals surface area contributed by atoms with Crippen LogP contribution in [0.5, 0.6) is 0 Å². The molecule has 206 valence electrons. The maximum Gasteiger partial charge on any atom is 0.516 e. The number of alkyl halides is 14. The summed E-state index contributed by atoms with van der Waals surface area (Å²) in [6.07, 6.45) is -6.79. The van der Waals surface area contributed by atoms with E-state index >= 15 is 0 Å². The molecule has 0 saturated heterocycles. The van der Waals surface area contributed by atoms with Gasteiger partial charge in [0.25, 0.3) is 0 Å². The summed E-state index contributed by atoms with van der Waals surface area (Å²) >= 11 is -3.55. The molecule has 1 aromatic carbocycles. The molecule has 0 saturated carbocycles. The molecule has 19 heteroatoms. The highest BCUT2D eigenvalue weighted by Gasteiger charge is 2.93. The summed E-state index contributed by atoms with van der Waals surface area (Å²) in [5, 5.41) is 0.645. The first-order valence-corrected chi connectivity index (χ1v) is 16.0. The SMILES string of the molecule is CS(=O)(=O)[O-].C[Si](C)(C)c1ccc([I+]C(F)(F)C(F)(F)C(F)(F)C(F)(F)C(F)(F)C(F)(F)F)cc1. The molecule has 3 nitrogen and oxygen atoms in total. The van der Waals surface area contributed by atoms with Gasteiger partial charge in [-0.3, -0.25) is 0 Å². The zero-order valence-corrected chi connectivity index (χ0v) is 21.7. The second kappa shape index (κ2) is 10.1. The van der Waals surface area contributed by atoms with Gasteiger partial charge in [0.05, 0.1) is 18.2 Å². The van der Waals surface area contributed by atoms with Crippen molar-refractivity contribution in [2.24, 2.45) is 0 Å². The topological polar surface area (TPSA) is 57.2 Å². The molecule has 0 aliphatic carbocycles. The van der Waals surface area contributed by atoms with Crippen molar-refractivity contribution in [3.05, 3.63) is 27.8 Å². The highest BCUT2D eigenvalue weighted by Crippen LogP contribution is 2.59. The molecule has 0 N–H and O–H groups in total. The van der Waals surface area contributed by atoms with E-state index in [9.17, 15) is 57.1 Å². The van der Waals surface area contributed by atoms with Gasteiger partial charge in [-0.15, -0.1) is 0 Å². The zero-order valence-electron chi connectivity index (χ0n) is 17.7. The van der Waals surface area contributed by atoms with E-state index < -0.39 is 76.8 Å². The molecule has 0 unspecified atom stereocenters. The van der Waals surface area contributed by atoms with Gasteiger partial charge < -0.3 is 4.55 Å². The van der Waals surface area contributed by atoms with E-state index in [2.05, 4.69) is 0 Å². The minimum absolute atomic E-state index is 0.604. The first kappa shape index (κ1) is 34.2. The maximum atomic E-state index is 13.9. The summed E-state index contributed by atoms with van der Waals surface area (Å²) in [7, 11) is -5.89. The lowest BCUT2D eigenvalue weighted by Gasteiger charge is -2.36. The third kappa shape index (κ3) is 7.59. The van der Waals surface area contributed by atoms with Crippen molar-refractivity contribution in [3.8, 4) is 0 Å². The van der Waals surface area contributed by atoms with Gasteiger partial charge >= 0.3 is 55.0 Å². The zero-order chi connectivity index (χ0) is 28.7. The summed E-state index contributed by atoms with van der Waals surface area (Å²) in [4.78, 5) is 0. The molecular weight excluding hydrogens is 674 g/mol. The van der Waals surface area contributed by atoms with E-state index in [0.717, 1.165) is 12.1 Å². The Kier molecular flexibility index (Phi) is 9.90. The van der Waals surface area contributed by atoms with Crippen LogP contribution in [0.2, 0.25) is 19.6 Å². The molecule has 1 rings (SSSR count). The van der Waals surface area contributed by atoms with E-state index in [-0.39, 0.29) is 0 Å². The van der Waals surface area contributed by atoms with Crippen LogP contribution in [0.1, 0.15) is 0 Å². The largest absolute Gasteiger partial charge is 0.748 e. The first-order chi connectivity index (χ1) is 14.9. The molecule has 0 heterocycles. The molecule has 35 heavy (non-hydrogen) atoms. The number of rotatable bonds is 7. The van der Waals surface area contributed by atoms with Crippen LogP contribution in [0.15, 0.2) is 24.3 Å². The molecule has 0 aliphatic heterocycles. The highest BCUT2D eigenvalue weighted by atomic mass is 127. The Morgan fingerprint density at radius 1 is 0.686 bits per heavy atom. The predicted octanol–water partition coefficient (Wildman–Crippen LogP) is 2.35. The van der Waals surface area contributed by atoms with E-state index in [0.29, 0.717) is 11.4 Å². The number of halogens is 14. The molecule has 1 aromatic rings. The Labute approximate surface area is 202 Å². The smallest absolute Gasteiger partial charge is 0.516 e. The van der Waals surface area contributed by atoms with Crippen LogP contribution in [0, 0.1) is 3.57 Å². The van der Waals surface area contributed by atoms with Crippen molar-refractivity contribution in [2.75, 3.05) is 6.26 Å². The molecule has 0 spiro atoms. The predicted molar refractivity (Wildman–Crippen MR) is 94.5 cm³/mol. The first-order valence-electron chi connectivity index (χ1n) is 8.56. The lowest BCUT2D eigenvalue weighted by molar-refractivity contribution is -0.790. The van der Waals surface area contributed by atoms with Crippen LogP contribution >= 0.6 is 0 Å². The lowest BCUT2D eigenvalue weighted by atomic mass is 9.98.